The van der Waals surface area contributed by atoms with Crippen LogP contribution in [0, 0.1) is 0 Å². The third-order valence-electron chi connectivity index (χ3n) is 2.41. The summed E-state index contributed by atoms with van der Waals surface area (Å²) in [5, 5.41) is 17.5. The zero-order valence-electron chi connectivity index (χ0n) is 9.93. The summed E-state index contributed by atoms with van der Waals surface area (Å²) in [7, 11) is -3.77. The van der Waals surface area contributed by atoms with Crippen molar-refractivity contribution in [2.45, 2.75) is 24.3 Å². The summed E-state index contributed by atoms with van der Waals surface area (Å²) in [5.74, 6) is -1.73. The van der Waals surface area contributed by atoms with Crippen LogP contribution in [0.2, 0.25) is 10.0 Å². The Balaban J connectivity index is 3.29. The van der Waals surface area contributed by atoms with Crippen molar-refractivity contribution >= 4 is 39.0 Å². The molecule has 0 saturated carbocycles. The number of carboxylic acid groups (broad SMARTS) is 1. The third kappa shape index (κ3) is 3.82. The molecule has 0 amide bonds. The van der Waals surface area contributed by atoms with Crippen LogP contribution in [-0.2, 0) is 9.84 Å². The van der Waals surface area contributed by atoms with Crippen LogP contribution in [0.3, 0.4) is 0 Å². The molecule has 1 aromatic carbocycles. The summed E-state index contributed by atoms with van der Waals surface area (Å²) in [6.07, 6.45) is -0.747. The van der Waals surface area contributed by atoms with E-state index in [1.807, 2.05) is 0 Å². The molecule has 2 N–H and O–H groups in total. The maximum Gasteiger partial charge on any atom is 0.338 e. The van der Waals surface area contributed by atoms with Crippen molar-refractivity contribution in [1.29, 1.82) is 0 Å². The molecule has 1 rings (SSSR count). The fourth-order valence-corrected chi connectivity index (χ4v) is 3.81. The van der Waals surface area contributed by atoms with Crippen LogP contribution in [0.15, 0.2) is 17.0 Å². The second kappa shape index (κ2) is 6.09. The largest absolute Gasteiger partial charge is 0.478 e. The predicted octanol–water partition coefficient (Wildman–Crippen LogP) is 2.24. The zero-order valence-corrected chi connectivity index (χ0v) is 12.3. The zero-order chi connectivity index (χ0) is 14.8. The van der Waals surface area contributed by atoms with Crippen molar-refractivity contribution in [2.75, 3.05) is 5.75 Å². The van der Waals surface area contributed by atoms with E-state index in [9.17, 15) is 13.2 Å². The first-order valence-corrected chi connectivity index (χ1v) is 7.69. The van der Waals surface area contributed by atoms with E-state index in [0.29, 0.717) is 0 Å². The first-order valence-electron chi connectivity index (χ1n) is 5.29. The van der Waals surface area contributed by atoms with Crippen molar-refractivity contribution in [3.05, 3.63) is 27.7 Å². The number of aromatic carboxylic acids is 1. The molecule has 5 nitrogen and oxygen atoms in total. The molecule has 0 heterocycles. The van der Waals surface area contributed by atoms with Gasteiger partial charge in [0.1, 0.15) is 0 Å². The van der Waals surface area contributed by atoms with Gasteiger partial charge in [-0.05, 0) is 25.5 Å². The number of aliphatic hydroxyl groups is 1. The lowest BCUT2D eigenvalue weighted by Crippen LogP contribution is -2.14. The van der Waals surface area contributed by atoms with Crippen LogP contribution >= 0.6 is 23.2 Å². The van der Waals surface area contributed by atoms with Crippen LogP contribution < -0.4 is 0 Å². The molecule has 19 heavy (non-hydrogen) atoms. The van der Waals surface area contributed by atoms with Crippen LogP contribution in [0.4, 0.5) is 0 Å². The van der Waals surface area contributed by atoms with Gasteiger partial charge in [-0.2, -0.15) is 0 Å². The topological polar surface area (TPSA) is 91.7 Å². The number of hydrogen-bond acceptors (Lipinski definition) is 4. The molecule has 8 heteroatoms. The van der Waals surface area contributed by atoms with E-state index in [1.165, 1.54) is 13.0 Å². The standard InChI is InChI=1S/C11H12Cl2O5S/c1-6(14)4-5-19(17,18)8-3-2-7(12)9(10(8)13)11(15)16/h2-3,6,14H,4-5H2,1H3,(H,15,16). The monoisotopic (exact) mass is 326 g/mol. The van der Waals surface area contributed by atoms with E-state index in [2.05, 4.69) is 0 Å². The van der Waals surface area contributed by atoms with Gasteiger partial charge in [0.15, 0.2) is 9.84 Å². The molecule has 106 valence electrons. The van der Waals surface area contributed by atoms with Gasteiger partial charge < -0.3 is 10.2 Å². The Morgan fingerprint density at radius 3 is 2.42 bits per heavy atom. The number of rotatable bonds is 5. The number of benzene rings is 1. The molecule has 1 atom stereocenters. The molecule has 0 fully saturated rings. The van der Waals surface area contributed by atoms with Gasteiger partial charge in [-0.15, -0.1) is 0 Å². The van der Waals surface area contributed by atoms with Gasteiger partial charge in [0.05, 0.1) is 32.4 Å². The Bertz CT molecular complexity index is 595. The highest BCUT2D eigenvalue weighted by molar-refractivity contribution is 7.91. The number of halogens is 2. The summed E-state index contributed by atoms with van der Waals surface area (Å²) >= 11 is 11.5. The van der Waals surface area contributed by atoms with Gasteiger partial charge in [-0.1, -0.05) is 23.2 Å². The van der Waals surface area contributed by atoms with E-state index in [4.69, 9.17) is 33.4 Å². The van der Waals surface area contributed by atoms with E-state index < -0.39 is 32.5 Å². The van der Waals surface area contributed by atoms with Gasteiger partial charge in [0.25, 0.3) is 0 Å². The van der Waals surface area contributed by atoms with E-state index in [0.717, 1.165) is 6.07 Å². The van der Waals surface area contributed by atoms with Crippen molar-refractivity contribution in [3.63, 3.8) is 0 Å². The Hall–Kier alpha value is -0.820. The summed E-state index contributed by atoms with van der Waals surface area (Å²) < 4.78 is 24.0. The fourth-order valence-electron chi connectivity index (χ4n) is 1.41. The average molecular weight is 327 g/mol. The quantitative estimate of drug-likeness (QED) is 0.865. The minimum absolute atomic E-state index is 0.0314. The van der Waals surface area contributed by atoms with Crippen molar-refractivity contribution < 1.29 is 23.4 Å². The summed E-state index contributed by atoms with van der Waals surface area (Å²) in [4.78, 5) is 10.7. The first kappa shape index (κ1) is 16.2. The van der Waals surface area contributed by atoms with E-state index in [-0.39, 0.29) is 22.1 Å². The Morgan fingerprint density at radius 2 is 1.95 bits per heavy atom. The summed E-state index contributed by atoms with van der Waals surface area (Å²) in [6, 6.07) is 2.33. The molecular weight excluding hydrogens is 315 g/mol. The molecule has 1 aromatic rings. The van der Waals surface area contributed by atoms with Gasteiger partial charge in [0, 0.05) is 0 Å². The molecular formula is C11H12Cl2O5S. The molecule has 0 aliphatic carbocycles. The van der Waals surface area contributed by atoms with Crippen molar-refractivity contribution in [2.24, 2.45) is 0 Å². The highest BCUT2D eigenvalue weighted by Gasteiger charge is 2.24. The first-order chi connectivity index (χ1) is 8.66. The third-order valence-corrected chi connectivity index (χ3v) is 5.01. The fraction of sp³-hybridized carbons (Fsp3) is 0.364. The normalized spacial score (nSPS) is 13.3. The number of hydrogen-bond donors (Lipinski definition) is 2. The summed E-state index contributed by atoms with van der Waals surface area (Å²) in [6.45, 7) is 1.46. The molecule has 0 saturated heterocycles. The van der Waals surface area contributed by atoms with Crippen molar-refractivity contribution in [1.82, 2.24) is 0 Å². The lowest BCUT2D eigenvalue weighted by atomic mass is 10.2. The highest BCUT2D eigenvalue weighted by Crippen LogP contribution is 2.31. The molecule has 0 aliphatic heterocycles. The minimum Gasteiger partial charge on any atom is -0.478 e. The second-order valence-corrected chi connectivity index (χ2v) is 6.86. The Kier molecular flexibility index (Phi) is 5.20. The van der Waals surface area contributed by atoms with Crippen molar-refractivity contribution in [3.8, 4) is 0 Å². The maximum absolute atomic E-state index is 12.0. The lowest BCUT2D eigenvalue weighted by molar-refractivity contribution is 0.0697. The number of aliphatic hydroxyl groups excluding tert-OH is 1. The smallest absolute Gasteiger partial charge is 0.338 e. The van der Waals surface area contributed by atoms with Gasteiger partial charge in [-0.3, -0.25) is 0 Å². The molecule has 0 aliphatic rings. The molecule has 0 aromatic heterocycles. The second-order valence-electron chi connectivity index (χ2n) is 4.00. The van der Waals surface area contributed by atoms with Gasteiger partial charge >= 0.3 is 5.97 Å². The SMILES string of the molecule is CC(O)CCS(=O)(=O)c1ccc(Cl)c(C(=O)O)c1Cl. The van der Waals surface area contributed by atoms with E-state index >= 15 is 0 Å². The number of carbonyl (C=O) groups is 1. The molecule has 0 radical (unpaired) electrons. The Labute approximate surface area is 120 Å². The number of sulfone groups is 1. The summed E-state index contributed by atoms with van der Waals surface area (Å²) in [5.41, 5.74) is -0.443. The van der Waals surface area contributed by atoms with Crippen LogP contribution in [-0.4, -0.2) is 36.5 Å². The molecule has 1 unspecified atom stereocenters. The average Bonchev–Trinajstić information content (AvgIpc) is 2.25. The molecule has 0 spiro atoms. The van der Waals surface area contributed by atoms with Gasteiger partial charge in [0.2, 0.25) is 0 Å². The van der Waals surface area contributed by atoms with E-state index in [1.54, 1.807) is 0 Å². The van der Waals surface area contributed by atoms with Crippen LogP contribution in [0.5, 0.6) is 0 Å². The lowest BCUT2D eigenvalue weighted by Gasteiger charge is -2.10. The van der Waals surface area contributed by atoms with Gasteiger partial charge in [-0.25, -0.2) is 13.2 Å². The maximum atomic E-state index is 12.0. The number of carboxylic acids is 1. The molecule has 0 bridgehead atoms. The van der Waals surface area contributed by atoms with Crippen LogP contribution in [0.25, 0.3) is 0 Å². The predicted molar refractivity (Wildman–Crippen MR) is 71.8 cm³/mol. The Morgan fingerprint density at radius 1 is 1.37 bits per heavy atom. The van der Waals surface area contributed by atoms with Crippen LogP contribution in [0.1, 0.15) is 23.7 Å². The minimum atomic E-state index is -3.77. The highest BCUT2D eigenvalue weighted by atomic mass is 35.5.